The van der Waals surface area contributed by atoms with Crippen LogP contribution in [0.4, 0.5) is 0 Å². The van der Waals surface area contributed by atoms with E-state index in [0.29, 0.717) is 0 Å². The van der Waals surface area contributed by atoms with Crippen LogP contribution in [0.2, 0.25) is 0 Å². The van der Waals surface area contributed by atoms with Crippen LogP contribution in [0.15, 0.2) is 11.8 Å². The zero-order valence-electron chi connectivity index (χ0n) is 7.65. The van der Waals surface area contributed by atoms with E-state index in [2.05, 4.69) is 0 Å². The number of hydrogen-bond donors (Lipinski definition) is 5. The van der Waals surface area contributed by atoms with Crippen molar-refractivity contribution in [2.45, 2.75) is 6.42 Å². The van der Waals surface area contributed by atoms with Crippen molar-refractivity contribution in [3.63, 3.8) is 0 Å². The highest BCUT2D eigenvalue weighted by atomic mass is 16.4. The van der Waals surface area contributed by atoms with Crippen LogP contribution in [-0.4, -0.2) is 49.4 Å². The second-order valence-corrected chi connectivity index (χ2v) is 2.14. The molecule has 0 aliphatic heterocycles. The number of rotatable bonds is 4. The lowest BCUT2D eigenvalue weighted by Gasteiger charge is -1.85. The molecule has 90 valence electrons. The van der Waals surface area contributed by atoms with Crippen molar-refractivity contribution < 1.29 is 44.7 Å². The van der Waals surface area contributed by atoms with E-state index in [1.807, 2.05) is 0 Å². The van der Waals surface area contributed by atoms with Gasteiger partial charge in [0.25, 0.3) is 0 Å². The summed E-state index contributed by atoms with van der Waals surface area (Å²) in [5.41, 5.74) is 0. The van der Waals surface area contributed by atoms with Crippen molar-refractivity contribution in [1.29, 1.82) is 0 Å². The zero-order valence-corrected chi connectivity index (χ0v) is 7.65. The van der Waals surface area contributed by atoms with Gasteiger partial charge in [-0.25, -0.2) is 9.59 Å². The zero-order chi connectivity index (χ0) is 13.3. The van der Waals surface area contributed by atoms with Crippen LogP contribution in [0.3, 0.4) is 0 Å². The highest BCUT2D eigenvalue weighted by Gasteiger charge is 2.04. The van der Waals surface area contributed by atoms with Gasteiger partial charge in [-0.1, -0.05) is 0 Å². The molecule has 0 fully saturated rings. The van der Waals surface area contributed by atoms with Gasteiger partial charge >= 0.3 is 23.9 Å². The molecule has 16 heavy (non-hydrogen) atoms. The Labute approximate surface area is 87.9 Å². The molecule has 0 spiro atoms. The monoisotopic (exact) mass is 236 g/mol. The lowest BCUT2D eigenvalue weighted by Crippen LogP contribution is -2.03. The van der Waals surface area contributed by atoms with Crippen molar-refractivity contribution in [3.8, 4) is 0 Å². The molecule has 0 aromatic heterocycles. The van der Waals surface area contributed by atoms with Gasteiger partial charge in [-0.3, -0.25) is 9.59 Å². The number of aliphatic hydroxyl groups excluding tert-OH is 1. The standard InChI is InChI=1S/C4H4O5.C3H4O4/c5-2(4(8)9)1-3(6)7;4-2(5)1-3(6)7/h1,5H,(H,6,7)(H,8,9);1H2,(H,4,5)(H,6,7). The molecule has 0 heterocycles. The summed E-state index contributed by atoms with van der Waals surface area (Å²) in [7, 11) is 0. The summed E-state index contributed by atoms with van der Waals surface area (Å²) in [4.78, 5) is 38.1. The van der Waals surface area contributed by atoms with Gasteiger partial charge in [-0.05, 0) is 0 Å². The first-order valence-electron chi connectivity index (χ1n) is 3.47. The minimum Gasteiger partial charge on any atom is -0.502 e. The molecular weight excluding hydrogens is 228 g/mol. The minimum absolute atomic E-state index is 0.197. The van der Waals surface area contributed by atoms with Crippen molar-refractivity contribution in [2.75, 3.05) is 0 Å². The van der Waals surface area contributed by atoms with Gasteiger partial charge in [0.05, 0.1) is 6.08 Å². The lowest BCUT2D eigenvalue weighted by molar-refractivity contribution is -0.147. The number of carboxylic acid groups (broad SMARTS) is 4. The molecule has 0 amide bonds. The first-order chi connectivity index (χ1) is 7.16. The van der Waals surface area contributed by atoms with Gasteiger partial charge < -0.3 is 25.5 Å². The summed E-state index contributed by atoms with van der Waals surface area (Å²) in [6.45, 7) is 0. The summed E-state index contributed by atoms with van der Waals surface area (Å²) in [6.07, 6.45) is -0.609. The van der Waals surface area contributed by atoms with Crippen LogP contribution >= 0.6 is 0 Å². The molecular formula is C7H8O9. The highest BCUT2D eigenvalue weighted by molar-refractivity contribution is 5.92. The molecule has 0 saturated heterocycles. The number of aliphatic hydroxyl groups is 1. The Morgan fingerprint density at radius 3 is 1.25 bits per heavy atom. The van der Waals surface area contributed by atoms with Gasteiger partial charge in [0.2, 0.25) is 5.76 Å². The van der Waals surface area contributed by atoms with E-state index in [-0.39, 0.29) is 6.08 Å². The first kappa shape index (κ1) is 15.9. The molecule has 5 N–H and O–H groups in total. The van der Waals surface area contributed by atoms with Crippen LogP contribution in [0, 0.1) is 0 Å². The Balaban J connectivity index is 0. The van der Waals surface area contributed by atoms with Crippen LogP contribution in [0.25, 0.3) is 0 Å². The molecule has 0 bridgehead atoms. The quantitative estimate of drug-likeness (QED) is 0.236. The molecule has 0 aromatic rings. The predicted octanol–water partition coefficient (Wildman–Crippen LogP) is -0.857. The molecule has 0 unspecified atom stereocenters. The molecule has 9 nitrogen and oxygen atoms in total. The SMILES string of the molecule is O=C(O)C=C(O)C(=O)O.O=C(O)CC(=O)O. The van der Waals surface area contributed by atoms with Crippen molar-refractivity contribution >= 4 is 23.9 Å². The van der Waals surface area contributed by atoms with E-state index in [1.165, 1.54) is 0 Å². The largest absolute Gasteiger partial charge is 0.502 e. The van der Waals surface area contributed by atoms with Crippen LogP contribution in [0.5, 0.6) is 0 Å². The molecule has 0 radical (unpaired) electrons. The maximum Gasteiger partial charge on any atom is 0.371 e. The topological polar surface area (TPSA) is 169 Å². The molecule has 0 aliphatic carbocycles. The van der Waals surface area contributed by atoms with Crippen molar-refractivity contribution in [1.82, 2.24) is 0 Å². The third kappa shape index (κ3) is 14.0. The molecule has 9 heteroatoms. The maximum atomic E-state index is 9.65. The minimum atomic E-state index is -1.66. The average molecular weight is 236 g/mol. The molecule has 0 atom stereocenters. The Bertz CT molecular complexity index is 315. The fourth-order valence-corrected chi connectivity index (χ4v) is 0.308. The van der Waals surface area contributed by atoms with Crippen molar-refractivity contribution in [2.24, 2.45) is 0 Å². The predicted molar refractivity (Wildman–Crippen MR) is 45.9 cm³/mol. The second kappa shape index (κ2) is 7.79. The molecule has 0 rings (SSSR count). The molecule has 0 aliphatic rings. The number of carboxylic acids is 4. The van der Waals surface area contributed by atoms with Gasteiger partial charge in [0, 0.05) is 0 Å². The number of hydrogen-bond acceptors (Lipinski definition) is 5. The third-order valence-corrected chi connectivity index (χ3v) is 0.782. The van der Waals surface area contributed by atoms with E-state index in [0.717, 1.165) is 0 Å². The van der Waals surface area contributed by atoms with E-state index in [4.69, 9.17) is 25.5 Å². The summed E-state index contributed by atoms with van der Waals surface area (Å²) in [6, 6.07) is 0. The smallest absolute Gasteiger partial charge is 0.371 e. The summed E-state index contributed by atoms with van der Waals surface area (Å²) >= 11 is 0. The summed E-state index contributed by atoms with van der Waals surface area (Å²) in [5.74, 6) is -6.95. The first-order valence-corrected chi connectivity index (χ1v) is 3.47. The van der Waals surface area contributed by atoms with Gasteiger partial charge in [-0.2, -0.15) is 0 Å². The number of carbonyl (C=O) groups is 4. The van der Waals surface area contributed by atoms with E-state index in [1.54, 1.807) is 0 Å². The second-order valence-electron chi connectivity index (χ2n) is 2.14. The normalized spacial score (nSPS) is 9.62. The van der Waals surface area contributed by atoms with Crippen LogP contribution in [-0.2, 0) is 19.2 Å². The fourth-order valence-electron chi connectivity index (χ4n) is 0.308. The summed E-state index contributed by atoms with van der Waals surface area (Å²) < 4.78 is 0. The fraction of sp³-hybridized carbons (Fsp3) is 0.143. The van der Waals surface area contributed by atoms with Crippen LogP contribution < -0.4 is 0 Å². The Morgan fingerprint density at radius 1 is 0.812 bits per heavy atom. The summed E-state index contributed by atoms with van der Waals surface area (Å²) in [5, 5.41) is 39.3. The average Bonchev–Trinajstić information content (AvgIpc) is 2.00. The Hall–Kier alpha value is -2.58. The van der Waals surface area contributed by atoms with Gasteiger partial charge in [-0.15, -0.1) is 0 Å². The lowest BCUT2D eigenvalue weighted by atomic mass is 10.4. The number of aliphatic carboxylic acids is 4. The highest BCUT2D eigenvalue weighted by Crippen LogP contribution is 1.85. The van der Waals surface area contributed by atoms with E-state index < -0.39 is 36.1 Å². The Morgan fingerprint density at radius 2 is 1.19 bits per heavy atom. The Kier molecular flexibility index (Phi) is 7.73. The third-order valence-electron chi connectivity index (χ3n) is 0.782. The maximum absolute atomic E-state index is 9.65. The van der Waals surface area contributed by atoms with Crippen molar-refractivity contribution in [3.05, 3.63) is 11.8 Å². The van der Waals surface area contributed by atoms with E-state index >= 15 is 0 Å². The van der Waals surface area contributed by atoms with E-state index in [9.17, 15) is 19.2 Å². The van der Waals surface area contributed by atoms with Crippen LogP contribution in [0.1, 0.15) is 6.42 Å². The van der Waals surface area contributed by atoms with Gasteiger partial charge in [0.15, 0.2) is 0 Å². The van der Waals surface area contributed by atoms with Gasteiger partial charge in [0.1, 0.15) is 6.42 Å². The molecule has 0 saturated carbocycles. The molecule has 0 aromatic carbocycles.